The van der Waals surface area contributed by atoms with Crippen molar-refractivity contribution in [1.82, 2.24) is 30.7 Å². The number of H-pyrrole nitrogens is 2. The summed E-state index contributed by atoms with van der Waals surface area (Å²) >= 11 is 0. The minimum absolute atomic E-state index is 0.00943. The van der Waals surface area contributed by atoms with Crippen molar-refractivity contribution in [3.63, 3.8) is 0 Å². The number of hydrazone groups is 1. The second-order valence-corrected chi connectivity index (χ2v) is 22.7. The normalized spacial score (nSPS) is 15.5. The highest BCUT2D eigenvalue weighted by Crippen LogP contribution is 2.39. The summed E-state index contributed by atoms with van der Waals surface area (Å²) in [6, 6.07) is 48.3. The van der Waals surface area contributed by atoms with E-state index in [1.807, 2.05) is 65.6 Å². The number of nitro benzene ring substituents is 3. The fraction of sp³-hybridized carbons (Fsp3) is 0.269. The first-order chi connectivity index (χ1) is 43.2. The molecule has 0 unspecified atom stereocenters. The van der Waals surface area contributed by atoms with Crippen molar-refractivity contribution in [2.45, 2.75) is 39.0 Å². The van der Waals surface area contributed by atoms with Crippen LogP contribution in [-0.2, 0) is 6.42 Å². The molecule has 3 fully saturated rings. The van der Waals surface area contributed by atoms with Gasteiger partial charge >= 0.3 is 0 Å². The zero-order valence-electron chi connectivity index (χ0n) is 49.2. The number of hydrogen-bond acceptors (Lipinski definition) is 17. The van der Waals surface area contributed by atoms with Crippen molar-refractivity contribution >= 4 is 67.1 Å². The first-order valence-electron chi connectivity index (χ1n) is 29.8. The number of aliphatic hydroxyl groups is 1. The van der Waals surface area contributed by atoms with E-state index < -0.39 is 0 Å². The molecule has 9 aromatic rings. The molecule has 6 heterocycles. The van der Waals surface area contributed by atoms with E-state index in [1.165, 1.54) is 11.6 Å². The fourth-order valence-electron chi connectivity index (χ4n) is 12.3. The molecule has 0 amide bonds. The van der Waals surface area contributed by atoms with Gasteiger partial charge in [-0.1, -0.05) is 123 Å². The van der Waals surface area contributed by atoms with Crippen LogP contribution in [-0.4, -0.2) is 116 Å². The Morgan fingerprint density at radius 3 is 1.45 bits per heavy atom. The molecular weight excluding hydrogens is 1130 g/mol. The van der Waals surface area contributed by atoms with E-state index in [2.05, 4.69) is 83.4 Å². The molecule has 22 nitrogen and oxygen atoms in total. The number of piperazine rings is 1. The topological polar surface area (TPSA) is 278 Å². The zero-order valence-corrected chi connectivity index (χ0v) is 49.2. The monoisotopic (exact) mass is 1200 g/mol. The van der Waals surface area contributed by atoms with Gasteiger partial charge in [0.15, 0.2) is 0 Å². The third-order valence-electron chi connectivity index (χ3n) is 17.1. The number of aromatic nitrogens is 4. The average molecular weight is 1200 g/mol. The summed E-state index contributed by atoms with van der Waals surface area (Å²) in [6.45, 7) is 13.0. The van der Waals surface area contributed by atoms with Crippen LogP contribution in [0.4, 0.5) is 34.1 Å². The summed E-state index contributed by atoms with van der Waals surface area (Å²) in [5.41, 5.74) is 12.1. The second kappa shape index (κ2) is 27.1. The van der Waals surface area contributed by atoms with E-state index in [1.54, 1.807) is 66.7 Å². The number of anilines is 3. The van der Waals surface area contributed by atoms with Crippen molar-refractivity contribution in [3.05, 3.63) is 238 Å². The van der Waals surface area contributed by atoms with E-state index >= 15 is 0 Å². The molecule has 2 aromatic heterocycles. The number of hydrogen-bond donors (Lipinski definition) is 4. The number of aromatic amines is 2. The third kappa shape index (κ3) is 13.4. The lowest BCUT2D eigenvalue weighted by Gasteiger charge is -2.35. The highest BCUT2D eigenvalue weighted by molar-refractivity contribution is 6.16. The average Bonchev–Trinajstić information content (AvgIpc) is 3.01. The van der Waals surface area contributed by atoms with Crippen LogP contribution in [0, 0.1) is 42.2 Å². The summed E-state index contributed by atoms with van der Waals surface area (Å²) in [4.78, 5) is 66.9. The van der Waals surface area contributed by atoms with Crippen LogP contribution in [0.3, 0.4) is 0 Å². The molecule has 3 saturated heterocycles. The maximum atomic E-state index is 12.0. The molecule has 0 radical (unpaired) electrons. The molecule has 0 aliphatic carbocycles. The van der Waals surface area contributed by atoms with Crippen LogP contribution in [0.25, 0.3) is 49.8 Å². The fourth-order valence-corrected chi connectivity index (χ4v) is 12.3. The Balaban J connectivity index is 0.000000138. The Morgan fingerprint density at radius 1 is 0.528 bits per heavy atom. The van der Waals surface area contributed by atoms with E-state index in [9.17, 15) is 39.9 Å². The maximum absolute atomic E-state index is 12.0. The van der Waals surface area contributed by atoms with Crippen molar-refractivity contribution < 1.29 is 19.9 Å². The molecule has 4 N–H and O–H groups in total. The first-order valence-corrected chi connectivity index (χ1v) is 29.8. The second-order valence-electron chi connectivity index (χ2n) is 22.7. The minimum Gasteiger partial charge on any atom is -0.395 e. The van der Waals surface area contributed by atoms with Gasteiger partial charge in [-0.2, -0.15) is 15.3 Å². The molecule has 0 atom stereocenters. The predicted molar refractivity (Wildman–Crippen MR) is 348 cm³/mol. The SMILES string of the molecule is C=C1NN=C(c2ccc(N3CCC(Cc4ccccc4)CC3)c([N+](=O)[O-])c2)c2ccccc21.CC1CCN(c2ccc(-c3n[nH]c(=O)c4ccccc34)cc2[N+](=O)[O-])CC1.O=c1[nH]nc(-c2ccc(N3CCN(CCO)CC3)c([N+](=O)[O-])c2)c2ccccc12. The summed E-state index contributed by atoms with van der Waals surface area (Å²) in [7, 11) is 0. The number of nitro groups is 3. The molecule has 22 heteroatoms. The summed E-state index contributed by atoms with van der Waals surface area (Å²) in [5.74, 6) is 1.26. The van der Waals surface area contributed by atoms with Gasteiger partial charge < -0.3 is 19.8 Å². The smallest absolute Gasteiger partial charge is 0.293 e. The lowest BCUT2D eigenvalue weighted by Crippen LogP contribution is -2.47. The Hall–Kier alpha value is -10.5. The molecular formula is C67H67N13O9. The van der Waals surface area contributed by atoms with E-state index in [-0.39, 0.29) is 49.6 Å². The van der Waals surface area contributed by atoms with Crippen molar-refractivity contribution in [2.75, 3.05) is 80.2 Å². The highest BCUT2D eigenvalue weighted by Gasteiger charge is 2.30. The quantitative estimate of drug-likeness (QED) is 0.0617. The molecule has 0 spiro atoms. The molecule has 454 valence electrons. The molecule has 4 aliphatic rings. The number of nitrogens with one attached hydrogen (secondary N) is 3. The Kier molecular flexibility index (Phi) is 18.3. The third-order valence-corrected chi connectivity index (χ3v) is 17.1. The molecule has 0 saturated carbocycles. The molecule has 7 aromatic carbocycles. The zero-order chi connectivity index (χ0) is 62.1. The van der Waals surface area contributed by atoms with Crippen LogP contribution in [0.1, 0.15) is 54.9 Å². The van der Waals surface area contributed by atoms with E-state index in [0.29, 0.717) is 98.3 Å². The number of nitrogens with zero attached hydrogens (tertiary/aromatic N) is 10. The van der Waals surface area contributed by atoms with Gasteiger partial charge in [0.2, 0.25) is 0 Å². The van der Waals surface area contributed by atoms with Crippen LogP contribution in [0.5, 0.6) is 0 Å². The van der Waals surface area contributed by atoms with Gasteiger partial charge in [0.1, 0.15) is 17.1 Å². The lowest BCUT2D eigenvalue weighted by molar-refractivity contribution is -0.384. The largest absolute Gasteiger partial charge is 0.395 e. The molecule has 4 aliphatic heterocycles. The first kappa shape index (κ1) is 60.2. The van der Waals surface area contributed by atoms with Crippen LogP contribution >= 0.6 is 0 Å². The number of fused-ring (bicyclic) bond motifs is 3. The Bertz CT molecular complexity index is 4260. The summed E-state index contributed by atoms with van der Waals surface area (Å²) in [6.07, 6.45) is 5.18. The van der Waals surface area contributed by atoms with Gasteiger partial charge in [0.05, 0.1) is 54.9 Å². The standard InChI is InChI=1S/C27H26N4O2.C20H21N5O4.C20H20N4O3/c1-19-23-9-5-6-10-24(23)27(29-28-19)22-11-12-25(26(18-22)31(32)33)30-15-13-21(14-16-30)17-20-7-3-2-4-8-20;26-12-11-23-7-9-24(10-8-23)17-6-5-14(13-18(17)25(28)29)19-15-3-1-2-4-16(15)20(27)22-21-19;1-13-8-10-23(11-9-13)17-7-6-14(12-18(17)24(26)27)19-15-4-2-3-5-16(15)20(25)22-21-19/h2-12,18,21,28H,1,13-17H2;1-6,13,26H,7-12H2,(H,22,27);2-7,12-13H,8-11H2,1H3,(H,22,25). The number of benzene rings is 7. The van der Waals surface area contributed by atoms with E-state index in [0.717, 1.165) is 93.8 Å². The predicted octanol–water partition coefficient (Wildman–Crippen LogP) is 10.7. The summed E-state index contributed by atoms with van der Waals surface area (Å²) < 4.78 is 0. The van der Waals surface area contributed by atoms with Crippen LogP contribution in [0.2, 0.25) is 0 Å². The van der Waals surface area contributed by atoms with Gasteiger partial charge in [0, 0.05) is 116 Å². The van der Waals surface area contributed by atoms with Crippen molar-refractivity contribution in [1.29, 1.82) is 0 Å². The van der Waals surface area contributed by atoms with Gasteiger partial charge in [-0.05, 0) is 79.8 Å². The van der Waals surface area contributed by atoms with Crippen molar-refractivity contribution in [3.8, 4) is 22.5 Å². The van der Waals surface area contributed by atoms with Crippen LogP contribution in [0.15, 0.2) is 179 Å². The van der Waals surface area contributed by atoms with Gasteiger partial charge in [0.25, 0.3) is 28.2 Å². The number of aliphatic hydroxyl groups excluding tert-OH is 1. The van der Waals surface area contributed by atoms with Gasteiger partial charge in [-0.15, -0.1) is 0 Å². The summed E-state index contributed by atoms with van der Waals surface area (Å²) in [5, 5.41) is 64.6. The number of rotatable bonds is 13. The maximum Gasteiger partial charge on any atom is 0.293 e. The van der Waals surface area contributed by atoms with E-state index in [4.69, 9.17) is 5.11 Å². The highest BCUT2D eigenvalue weighted by atomic mass is 16.6. The number of piperidine rings is 2. The Morgan fingerprint density at radius 2 is 0.955 bits per heavy atom. The van der Waals surface area contributed by atoms with Crippen molar-refractivity contribution in [2.24, 2.45) is 16.9 Å². The molecule has 13 rings (SSSR count). The number of β-amino-alcohol motifs (C(OH)–C–C–N with tert-alkyl or cyclic N) is 1. The van der Waals surface area contributed by atoms with Crippen LogP contribution < -0.4 is 31.2 Å². The van der Waals surface area contributed by atoms with Gasteiger partial charge in [-0.25, -0.2) is 10.2 Å². The molecule has 89 heavy (non-hydrogen) atoms. The minimum atomic E-state index is -0.382. The van der Waals surface area contributed by atoms with Gasteiger partial charge in [-0.3, -0.25) is 50.3 Å². The Labute approximate surface area is 511 Å². The lowest BCUT2D eigenvalue weighted by atomic mass is 9.89. The molecule has 0 bridgehead atoms.